The molecule has 0 saturated carbocycles. The van der Waals surface area contributed by atoms with Crippen molar-refractivity contribution in [3.05, 3.63) is 42.5 Å². The number of hydrogen-bond donors (Lipinski definition) is 0. The Morgan fingerprint density at radius 3 is 3.06 bits per heavy atom. The molecule has 5 nitrogen and oxygen atoms in total. The molecule has 0 fully saturated rings. The Morgan fingerprint density at radius 1 is 1.39 bits per heavy atom. The van der Waals surface area contributed by atoms with E-state index < -0.39 is 0 Å². The van der Waals surface area contributed by atoms with Gasteiger partial charge in [-0.1, -0.05) is 16.9 Å². The number of rotatable bonds is 4. The Kier molecular flexibility index (Phi) is 2.93. The van der Waals surface area contributed by atoms with Gasteiger partial charge in [0.2, 0.25) is 5.76 Å². The molecule has 3 aromatic rings. The van der Waals surface area contributed by atoms with Crippen molar-refractivity contribution in [1.82, 2.24) is 14.7 Å². The van der Waals surface area contributed by atoms with Gasteiger partial charge in [0.1, 0.15) is 0 Å². The molecule has 92 valence electrons. The number of nitrogens with zero attached hydrogens (tertiary/aromatic N) is 3. The van der Waals surface area contributed by atoms with Gasteiger partial charge in [0, 0.05) is 31.3 Å². The van der Waals surface area contributed by atoms with Crippen LogP contribution in [0.3, 0.4) is 0 Å². The van der Waals surface area contributed by atoms with Crippen LogP contribution in [0.2, 0.25) is 0 Å². The van der Waals surface area contributed by atoms with Crippen LogP contribution < -0.4 is 0 Å². The summed E-state index contributed by atoms with van der Waals surface area (Å²) in [7, 11) is 1.96. The first kappa shape index (κ1) is 11.2. The van der Waals surface area contributed by atoms with Crippen molar-refractivity contribution >= 4 is 11.8 Å². The summed E-state index contributed by atoms with van der Waals surface area (Å²) < 4.78 is 12.4. The summed E-state index contributed by atoms with van der Waals surface area (Å²) in [6.45, 7) is 0. The summed E-state index contributed by atoms with van der Waals surface area (Å²) in [5, 5.41) is 4.96. The first-order chi connectivity index (χ1) is 8.83. The van der Waals surface area contributed by atoms with Crippen molar-refractivity contribution in [2.45, 2.75) is 10.9 Å². The van der Waals surface area contributed by atoms with Gasteiger partial charge in [0.05, 0.1) is 12.0 Å². The maximum Gasteiger partial charge on any atom is 0.202 e. The normalized spacial score (nSPS) is 10.9. The largest absolute Gasteiger partial charge is 0.461 e. The second kappa shape index (κ2) is 4.73. The van der Waals surface area contributed by atoms with Crippen LogP contribution in [0, 0.1) is 0 Å². The van der Waals surface area contributed by atoms with E-state index in [4.69, 9.17) is 8.94 Å². The molecule has 3 aromatic heterocycles. The fourth-order valence-electron chi connectivity index (χ4n) is 1.54. The van der Waals surface area contributed by atoms with Gasteiger partial charge in [-0.2, -0.15) is 0 Å². The Hall–Kier alpha value is -1.95. The summed E-state index contributed by atoms with van der Waals surface area (Å²) >= 11 is 1.62. The summed E-state index contributed by atoms with van der Waals surface area (Å²) in [4.78, 5) is 4.24. The highest BCUT2D eigenvalue weighted by Gasteiger charge is 2.10. The van der Waals surface area contributed by atoms with E-state index in [-0.39, 0.29) is 0 Å². The molecule has 0 saturated heterocycles. The standard InChI is InChI=1S/C12H11N3O2S/c1-15-5-4-13-12(15)18-8-9-7-11(17-14-9)10-3-2-6-16-10/h2-7H,8H2,1H3. The lowest BCUT2D eigenvalue weighted by molar-refractivity contribution is 0.413. The number of aromatic nitrogens is 3. The maximum absolute atomic E-state index is 5.25. The monoisotopic (exact) mass is 261 g/mol. The fourth-order valence-corrected chi connectivity index (χ4v) is 2.36. The maximum atomic E-state index is 5.25. The van der Waals surface area contributed by atoms with Gasteiger partial charge in [-0.25, -0.2) is 4.98 Å². The Morgan fingerprint density at radius 2 is 2.33 bits per heavy atom. The first-order valence-electron chi connectivity index (χ1n) is 5.42. The van der Waals surface area contributed by atoms with Gasteiger partial charge < -0.3 is 13.5 Å². The van der Waals surface area contributed by atoms with Gasteiger partial charge in [-0.15, -0.1) is 0 Å². The lowest BCUT2D eigenvalue weighted by atomic mass is 10.3. The van der Waals surface area contributed by atoms with Crippen LogP contribution in [-0.2, 0) is 12.8 Å². The molecular weight excluding hydrogens is 250 g/mol. The average molecular weight is 261 g/mol. The molecule has 6 heteroatoms. The molecule has 0 N–H and O–H groups in total. The molecule has 0 aromatic carbocycles. The van der Waals surface area contributed by atoms with E-state index in [9.17, 15) is 0 Å². The zero-order chi connectivity index (χ0) is 12.4. The molecule has 0 aliphatic carbocycles. The van der Waals surface area contributed by atoms with Crippen LogP contribution in [0.4, 0.5) is 0 Å². The Labute approximate surface area is 108 Å². The summed E-state index contributed by atoms with van der Waals surface area (Å²) in [5.41, 5.74) is 0.870. The SMILES string of the molecule is Cn1ccnc1SCc1cc(-c2ccco2)on1. The summed E-state index contributed by atoms with van der Waals surface area (Å²) in [6.07, 6.45) is 5.30. The minimum Gasteiger partial charge on any atom is -0.461 e. The van der Waals surface area contributed by atoms with Crippen molar-refractivity contribution < 1.29 is 8.94 Å². The van der Waals surface area contributed by atoms with Crippen molar-refractivity contribution in [2.75, 3.05) is 0 Å². The van der Waals surface area contributed by atoms with Gasteiger partial charge in [0.25, 0.3) is 0 Å². The first-order valence-corrected chi connectivity index (χ1v) is 6.41. The van der Waals surface area contributed by atoms with E-state index in [1.54, 1.807) is 24.2 Å². The highest BCUT2D eigenvalue weighted by Crippen LogP contribution is 2.24. The van der Waals surface area contributed by atoms with Crippen LogP contribution in [0.15, 0.2) is 51.0 Å². The van der Waals surface area contributed by atoms with Gasteiger partial charge in [-0.3, -0.25) is 0 Å². The second-order valence-electron chi connectivity index (χ2n) is 3.77. The molecule has 0 spiro atoms. The highest BCUT2D eigenvalue weighted by atomic mass is 32.2. The number of thioether (sulfide) groups is 1. The molecule has 0 aliphatic rings. The zero-order valence-electron chi connectivity index (χ0n) is 9.74. The number of aryl methyl sites for hydroxylation is 1. The topological polar surface area (TPSA) is 57.0 Å². The van der Waals surface area contributed by atoms with Crippen LogP contribution in [0.1, 0.15) is 5.69 Å². The van der Waals surface area contributed by atoms with Gasteiger partial charge in [0.15, 0.2) is 10.9 Å². The van der Waals surface area contributed by atoms with E-state index in [0.29, 0.717) is 11.5 Å². The molecule has 0 bridgehead atoms. The number of furan rings is 1. The molecule has 0 unspecified atom stereocenters. The predicted molar refractivity (Wildman–Crippen MR) is 67.0 cm³/mol. The predicted octanol–water partition coefficient (Wildman–Crippen LogP) is 2.96. The van der Waals surface area contributed by atoms with Crippen LogP contribution >= 0.6 is 11.8 Å². The molecule has 3 rings (SSSR count). The Bertz CT molecular complexity index is 627. The average Bonchev–Trinajstić information content (AvgIpc) is 3.08. The summed E-state index contributed by atoms with van der Waals surface area (Å²) in [6, 6.07) is 5.55. The minimum absolute atomic E-state index is 0.649. The molecule has 0 atom stereocenters. The second-order valence-corrected chi connectivity index (χ2v) is 4.71. The number of hydrogen-bond acceptors (Lipinski definition) is 5. The zero-order valence-corrected chi connectivity index (χ0v) is 10.6. The lowest BCUT2D eigenvalue weighted by Crippen LogP contribution is -1.89. The fraction of sp³-hybridized carbons (Fsp3) is 0.167. The van der Waals surface area contributed by atoms with Crippen LogP contribution in [0.25, 0.3) is 11.5 Å². The van der Waals surface area contributed by atoms with Crippen molar-refractivity contribution in [2.24, 2.45) is 7.05 Å². The summed E-state index contributed by atoms with van der Waals surface area (Å²) in [5.74, 6) is 2.06. The van der Waals surface area contributed by atoms with Crippen molar-refractivity contribution in [3.8, 4) is 11.5 Å². The van der Waals surface area contributed by atoms with Gasteiger partial charge >= 0.3 is 0 Å². The molecule has 3 heterocycles. The van der Waals surface area contributed by atoms with Gasteiger partial charge in [-0.05, 0) is 12.1 Å². The third-order valence-corrected chi connectivity index (χ3v) is 3.54. The smallest absolute Gasteiger partial charge is 0.202 e. The molecule has 0 radical (unpaired) electrons. The van der Waals surface area contributed by atoms with Crippen molar-refractivity contribution in [1.29, 1.82) is 0 Å². The quantitative estimate of drug-likeness (QED) is 0.676. The highest BCUT2D eigenvalue weighted by molar-refractivity contribution is 7.98. The molecular formula is C12H11N3O2S. The Balaban J connectivity index is 1.69. The van der Waals surface area contributed by atoms with E-state index >= 15 is 0 Å². The lowest BCUT2D eigenvalue weighted by Gasteiger charge is -1.97. The van der Waals surface area contributed by atoms with Crippen LogP contribution in [-0.4, -0.2) is 14.7 Å². The molecule has 18 heavy (non-hydrogen) atoms. The van der Waals surface area contributed by atoms with E-state index in [1.165, 1.54) is 0 Å². The van der Waals surface area contributed by atoms with E-state index in [2.05, 4.69) is 10.1 Å². The molecule has 0 aliphatic heterocycles. The third-order valence-electron chi connectivity index (χ3n) is 2.45. The van der Waals surface area contributed by atoms with E-state index in [1.807, 2.05) is 36.0 Å². The third kappa shape index (κ3) is 2.19. The molecule has 0 amide bonds. The van der Waals surface area contributed by atoms with Crippen molar-refractivity contribution in [3.63, 3.8) is 0 Å². The van der Waals surface area contributed by atoms with Crippen LogP contribution in [0.5, 0.6) is 0 Å². The minimum atomic E-state index is 0.649. The van der Waals surface area contributed by atoms with E-state index in [0.717, 1.165) is 16.6 Å². The number of imidazole rings is 1.